The molecule has 0 aromatic heterocycles. The average Bonchev–Trinajstić information content (AvgIpc) is 2.87. The quantitative estimate of drug-likeness (QED) is 0.502. The van der Waals surface area contributed by atoms with Crippen LogP contribution in [0.25, 0.3) is 0 Å². The summed E-state index contributed by atoms with van der Waals surface area (Å²) in [4.78, 5) is 20.1. The second-order valence-electron chi connectivity index (χ2n) is 10.3. The molecule has 1 unspecified atom stereocenters. The maximum absolute atomic E-state index is 13.0. The van der Waals surface area contributed by atoms with Gasteiger partial charge in [-0.3, -0.25) is 9.69 Å². The summed E-state index contributed by atoms with van der Waals surface area (Å²) in [5.41, 5.74) is 2.08. The fourth-order valence-corrected chi connectivity index (χ4v) is 6.15. The van der Waals surface area contributed by atoms with Gasteiger partial charge in [0.25, 0.3) is 0 Å². The van der Waals surface area contributed by atoms with Crippen molar-refractivity contribution in [2.75, 3.05) is 59.6 Å². The molecule has 8 heteroatoms. The smallest absolute Gasteiger partial charge is 0.222 e. The Morgan fingerprint density at radius 1 is 1.08 bits per heavy atom. The summed E-state index contributed by atoms with van der Waals surface area (Å²) in [6, 6.07) is 14.6. The molecule has 3 saturated heterocycles. The molecule has 0 saturated carbocycles. The van der Waals surface area contributed by atoms with E-state index >= 15 is 0 Å². The number of rotatable bonds is 8. The predicted octanol–water partition coefficient (Wildman–Crippen LogP) is 4.47. The molecule has 2 aromatic rings. The fourth-order valence-electron chi connectivity index (χ4n) is 5.85. The summed E-state index contributed by atoms with van der Waals surface area (Å²) in [6.45, 7) is 8.20. The number of carbonyl (C=O) groups is 1. The van der Waals surface area contributed by atoms with Gasteiger partial charge in [-0.05, 0) is 54.8 Å². The first kappa shape index (κ1) is 25.8. The molecule has 36 heavy (non-hydrogen) atoms. The normalized spacial score (nSPS) is 24.1. The van der Waals surface area contributed by atoms with Crippen molar-refractivity contribution < 1.29 is 14.3 Å². The van der Waals surface area contributed by atoms with Crippen LogP contribution in [0.4, 0.5) is 0 Å². The van der Waals surface area contributed by atoms with E-state index in [2.05, 4.69) is 21.9 Å². The van der Waals surface area contributed by atoms with E-state index in [0.29, 0.717) is 35.6 Å². The van der Waals surface area contributed by atoms with Gasteiger partial charge < -0.3 is 19.3 Å². The Balaban J connectivity index is 1.31. The van der Waals surface area contributed by atoms with Gasteiger partial charge in [0.05, 0.1) is 30.4 Å². The zero-order valence-electron chi connectivity index (χ0n) is 20.9. The lowest BCUT2D eigenvalue weighted by Crippen LogP contribution is -2.62. The van der Waals surface area contributed by atoms with Crippen molar-refractivity contribution in [1.82, 2.24) is 14.7 Å². The molecule has 194 valence electrons. The first-order chi connectivity index (χ1) is 17.5. The third-order valence-corrected chi connectivity index (χ3v) is 8.85. The van der Waals surface area contributed by atoms with Crippen LogP contribution < -0.4 is 4.74 Å². The standard InChI is InChI=1S/C28H35Cl2N3O3/c1-35-24-4-2-3-21(15-24)17-33-20-28(8-7-27(33)34,22-5-6-25(29)26(30)16-22)9-10-31-18-23(19-31)32-11-13-36-14-12-32/h2-6,15-16,23H,7-14,17-20H2,1H3. The fraction of sp³-hybridized carbons (Fsp3) is 0.536. The van der Waals surface area contributed by atoms with Crippen LogP contribution in [0.2, 0.25) is 10.0 Å². The van der Waals surface area contributed by atoms with Gasteiger partial charge in [-0.15, -0.1) is 0 Å². The molecule has 3 aliphatic rings. The Kier molecular flexibility index (Phi) is 8.08. The second kappa shape index (κ2) is 11.3. The molecule has 0 bridgehead atoms. The van der Waals surface area contributed by atoms with Crippen LogP contribution in [0.1, 0.15) is 30.4 Å². The van der Waals surface area contributed by atoms with Gasteiger partial charge in [-0.2, -0.15) is 0 Å². The zero-order chi connectivity index (χ0) is 25.1. The monoisotopic (exact) mass is 531 g/mol. The number of likely N-dealkylation sites (tertiary alicyclic amines) is 2. The van der Waals surface area contributed by atoms with Crippen LogP contribution in [0, 0.1) is 0 Å². The Morgan fingerprint density at radius 2 is 1.89 bits per heavy atom. The van der Waals surface area contributed by atoms with E-state index in [9.17, 15) is 4.79 Å². The molecule has 3 heterocycles. The summed E-state index contributed by atoms with van der Waals surface area (Å²) in [5, 5.41) is 1.13. The Morgan fingerprint density at radius 3 is 2.64 bits per heavy atom. The van der Waals surface area contributed by atoms with Crippen molar-refractivity contribution >= 4 is 29.1 Å². The minimum Gasteiger partial charge on any atom is -0.497 e. The number of amides is 1. The lowest BCUT2D eigenvalue weighted by atomic mass is 9.71. The van der Waals surface area contributed by atoms with Gasteiger partial charge in [0.2, 0.25) is 5.91 Å². The van der Waals surface area contributed by atoms with E-state index < -0.39 is 0 Å². The summed E-state index contributed by atoms with van der Waals surface area (Å²) in [6.07, 6.45) is 2.32. The Hall–Kier alpha value is -1.83. The van der Waals surface area contributed by atoms with Crippen molar-refractivity contribution in [2.24, 2.45) is 0 Å². The molecular weight excluding hydrogens is 497 g/mol. The number of halogens is 2. The number of morpholine rings is 1. The van der Waals surface area contributed by atoms with E-state index in [4.69, 9.17) is 32.7 Å². The average molecular weight is 533 g/mol. The third kappa shape index (κ3) is 5.68. The molecule has 2 aromatic carbocycles. The minimum absolute atomic E-state index is 0.162. The van der Waals surface area contributed by atoms with Gasteiger partial charge >= 0.3 is 0 Å². The molecule has 1 amide bonds. The maximum atomic E-state index is 13.0. The van der Waals surface area contributed by atoms with Crippen molar-refractivity contribution in [1.29, 1.82) is 0 Å². The molecule has 1 atom stereocenters. The third-order valence-electron chi connectivity index (χ3n) is 8.11. The number of benzene rings is 2. The first-order valence-corrected chi connectivity index (χ1v) is 13.6. The Bertz CT molecular complexity index is 1070. The highest BCUT2D eigenvalue weighted by atomic mass is 35.5. The predicted molar refractivity (Wildman–Crippen MR) is 143 cm³/mol. The molecule has 6 nitrogen and oxygen atoms in total. The zero-order valence-corrected chi connectivity index (χ0v) is 22.4. The molecule has 0 spiro atoms. The number of hydrogen-bond donors (Lipinski definition) is 0. The van der Waals surface area contributed by atoms with E-state index in [0.717, 1.165) is 70.1 Å². The van der Waals surface area contributed by atoms with E-state index in [1.165, 1.54) is 5.56 Å². The molecule has 5 rings (SSSR count). The number of nitrogens with zero attached hydrogens (tertiary/aromatic N) is 3. The van der Waals surface area contributed by atoms with E-state index in [1.54, 1.807) is 7.11 Å². The molecular formula is C28H35Cl2N3O3. The highest BCUT2D eigenvalue weighted by molar-refractivity contribution is 6.42. The lowest BCUT2D eigenvalue weighted by molar-refractivity contribution is -0.136. The van der Waals surface area contributed by atoms with Crippen molar-refractivity contribution in [2.45, 2.75) is 37.3 Å². The van der Waals surface area contributed by atoms with Crippen molar-refractivity contribution in [3.63, 3.8) is 0 Å². The van der Waals surface area contributed by atoms with Gasteiger partial charge in [0.1, 0.15) is 5.75 Å². The van der Waals surface area contributed by atoms with Crippen LogP contribution in [0.15, 0.2) is 42.5 Å². The first-order valence-electron chi connectivity index (χ1n) is 12.9. The van der Waals surface area contributed by atoms with Crippen LogP contribution in [-0.4, -0.2) is 86.2 Å². The summed E-state index contributed by atoms with van der Waals surface area (Å²) in [5.74, 6) is 1.00. The summed E-state index contributed by atoms with van der Waals surface area (Å²) < 4.78 is 10.9. The van der Waals surface area contributed by atoms with Crippen molar-refractivity contribution in [3.05, 3.63) is 63.6 Å². The molecule has 3 fully saturated rings. The van der Waals surface area contributed by atoms with Crippen LogP contribution >= 0.6 is 23.2 Å². The van der Waals surface area contributed by atoms with Gasteiger partial charge in [0, 0.05) is 57.1 Å². The highest BCUT2D eigenvalue weighted by Gasteiger charge is 2.42. The van der Waals surface area contributed by atoms with E-state index in [-0.39, 0.29) is 11.3 Å². The topological polar surface area (TPSA) is 45.2 Å². The molecule has 0 aliphatic carbocycles. The van der Waals surface area contributed by atoms with Crippen LogP contribution in [-0.2, 0) is 21.5 Å². The van der Waals surface area contributed by atoms with Gasteiger partial charge in [0.15, 0.2) is 0 Å². The molecule has 0 N–H and O–H groups in total. The number of methoxy groups -OCH3 is 1. The summed E-state index contributed by atoms with van der Waals surface area (Å²) >= 11 is 12.7. The SMILES string of the molecule is COc1cccc(CN2CC(CCN3CC(N4CCOCC4)C3)(c3ccc(Cl)c(Cl)c3)CCC2=O)c1. The Labute approximate surface area is 224 Å². The highest BCUT2D eigenvalue weighted by Crippen LogP contribution is 2.41. The largest absolute Gasteiger partial charge is 0.497 e. The minimum atomic E-state index is -0.162. The number of hydrogen-bond acceptors (Lipinski definition) is 5. The number of ether oxygens (including phenoxy) is 2. The number of piperidine rings is 1. The van der Waals surface area contributed by atoms with Gasteiger partial charge in [-0.1, -0.05) is 41.4 Å². The van der Waals surface area contributed by atoms with Crippen LogP contribution in [0.5, 0.6) is 5.75 Å². The van der Waals surface area contributed by atoms with Crippen LogP contribution in [0.3, 0.4) is 0 Å². The molecule has 0 radical (unpaired) electrons. The lowest BCUT2D eigenvalue weighted by Gasteiger charge is -2.49. The summed E-state index contributed by atoms with van der Waals surface area (Å²) in [7, 11) is 1.67. The van der Waals surface area contributed by atoms with Crippen molar-refractivity contribution in [3.8, 4) is 5.75 Å². The number of carbonyl (C=O) groups excluding carboxylic acids is 1. The maximum Gasteiger partial charge on any atom is 0.222 e. The van der Waals surface area contributed by atoms with E-state index in [1.807, 2.05) is 35.2 Å². The van der Waals surface area contributed by atoms with Gasteiger partial charge in [-0.25, -0.2) is 0 Å². The molecule has 3 aliphatic heterocycles. The second-order valence-corrected chi connectivity index (χ2v) is 11.1.